The number of thioether (sulfide) groups is 2. The molecule has 148 valence electrons. The smallest absolute Gasteiger partial charge is 0.175 e. The molecule has 3 aromatic rings. The lowest BCUT2D eigenvalue weighted by atomic mass is 10.3. The first-order chi connectivity index (χ1) is 14.2. The van der Waals surface area contributed by atoms with E-state index < -0.39 is 0 Å². The zero-order chi connectivity index (χ0) is 20.1. The van der Waals surface area contributed by atoms with E-state index in [0.717, 1.165) is 21.6 Å². The summed E-state index contributed by atoms with van der Waals surface area (Å²) in [6.07, 6.45) is 3.46. The van der Waals surface area contributed by atoms with Gasteiger partial charge in [0.25, 0.3) is 0 Å². The number of rotatable bonds is 6. The predicted octanol–water partition coefficient (Wildman–Crippen LogP) is 5.17. The van der Waals surface area contributed by atoms with Crippen LogP contribution in [0.1, 0.15) is 12.6 Å². The molecule has 3 heterocycles. The molecule has 0 spiro atoms. The third-order valence-electron chi connectivity index (χ3n) is 4.06. The number of ether oxygens (including phenoxy) is 1. The van der Waals surface area contributed by atoms with Gasteiger partial charge >= 0.3 is 0 Å². The Morgan fingerprint density at radius 3 is 2.83 bits per heavy atom. The average Bonchev–Trinajstić information content (AvgIpc) is 3.14. The van der Waals surface area contributed by atoms with Gasteiger partial charge in [0.2, 0.25) is 0 Å². The van der Waals surface area contributed by atoms with Crippen LogP contribution < -0.4 is 10.1 Å². The molecule has 29 heavy (non-hydrogen) atoms. The van der Waals surface area contributed by atoms with Crippen molar-refractivity contribution in [2.24, 2.45) is 4.99 Å². The van der Waals surface area contributed by atoms with Crippen molar-refractivity contribution < 1.29 is 9.84 Å². The van der Waals surface area contributed by atoms with Crippen LogP contribution in [0.2, 0.25) is 0 Å². The zero-order valence-corrected chi connectivity index (χ0v) is 17.4. The number of hydrogen-bond acceptors (Lipinski definition) is 8. The molecule has 0 saturated heterocycles. The van der Waals surface area contributed by atoms with Gasteiger partial charge in [-0.1, -0.05) is 30.0 Å². The highest BCUT2D eigenvalue weighted by molar-refractivity contribution is 8.14. The summed E-state index contributed by atoms with van der Waals surface area (Å²) in [7, 11) is 0. The average molecular weight is 425 g/mol. The standard InChI is InChI=1S/C21H20N4O2S2/c1-14-12-29-21(24-14)25-20-19(27-15-6-3-2-4-7-15)10-16(11-23-20)28-13-17-18(26)8-5-9-22-17/h2-11,14,26H,12-13H2,1H3,(H,23,24,25). The summed E-state index contributed by atoms with van der Waals surface area (Å²) in [6, 6.07) is 15.2. The van der Waals surface area contributed by atoms with E-state index in [0.29, 0.717) is 29.1 Å². The molecule has 0 saturated carbocycles. The van der Waals surface area contributed by atoms with E-state index in [9.17, 15) is 5.11 Å². The molecule has 1 aliphatic heterocycles. The van der Waals surface area contributed by atoms with Crippen molar-refractivity contribution in [3.05, 3.63) is 66.6 Å². The van der Waals surface area contributed by atoms with Crippen LogP contribution in [0.3, 0.4) is 0 Å². The Hall–Kier alpha value is -2.71. The van der Waals surface area contributed by atoms with Gasteiger partial charge in [0.05, 0.1) is 11.7 Å². The number of aromatic hydroxyl groups is 1. The summed E-state index contributed by atoms with van der Waals surface area (Å²) >= 11 is 3.21. The van der Waals surface area contributed by atoms with Crippen molar-refractivity contribution in [3.8, 4) is 17.2 Å². The van der Waals surface area contributed by atoms with Gasteiger partial charge in [0.1, 0.15) is 11.5 Å². The topological polar surface area (TPSA) is 79.6 Å². The molecule has 0 fully saturated rings. The molecule has 2 aromatic heterocycles. The molecule has 0 bridgehead atoms. The second kappa shape index (κ2) is 9.19. The molecule has 0 amide bonds. The van der Waals surface area contributed by atoms with Crippen LogP contribution in [0.4, 0.5) is 5.82 Å². The van der Waals surface area contributed by atoms with Crippen LogP contribution in [0, 0.1) is 0 Å². The Kier molecular flexibility index (Phi) is 6.21. The molecule has 8 heteroatoms. The Morgan fingerprint density at radius 2 is 2.07 bits per heavy atom. The van der Waals surface area contributed by atoms with Crippen LogP contribution in [0.15, 0.2) is 70.8 Å². The van der Waals surface area contributed by atoms with Gasteiger partial charge in [-0.25, -0.2) is 4.98 Å². The van der Waals surface area contributed by atoms with Crippen LogP contribution >= 0.6 is 23.5 Å². The van der Waals surface area contributed by atoms with E-state index in [4.69, 9.17) is 4.74 Å². The first-order valence-corrected chi connectivity index (χ1v) is 11.1. The van der Waals surface area contributed by atoms with E-state index >= 15 is 0 Å². The fourth-order valence-electron chi connectivity index (χ4n) is 2.63. The molecular formula is C21H20N4O2S2. The van der Waals surface area contributed by atoms with Gasteiger partial charge in [0, 0.05) is 28.8 Å². The molecule has 1 atom stereocenters. The van der Waals surface area contributed by atoms with Gasteiger partial charge in [0.15, 0.2) is 16.7 Å². The lowest BCUT2D eigenvalue weighted by molar-refractivity contribution is 0.467. The summed E-state index contributed by atoms with van der Waals surface area (Å²) < 4.78 is 6.10. The summed E-state index contributed by atoms with van der Waals surface area (Å²) in [5, 5.41) is 14.1. The monoisotopic (exact) mass is 424 g/mol. The Morgan fingerprint density at radius 1 is 1.21 bits per heavy atom. The lowest BCUT2D eigenvalue weighted by Crippen LogP contribution is -2.08. The third-order valence-corrected chi connectivity index (χ3v) is 6.17. The molecule has 1 aliphatic rings. The Bertz CT molecular complexity index is 1010. The van der Waals surface area contributed by atoms with Crippen LogP contribution in [-0.4, -0.2) is 32.0 Å². The van der Waals surface area contributed by atoms with Crippen molar-refractivity contribution in [2.75, 3.05) is 11.1 Å². The first-order valence-electron chi connectivity index (χ1n) is 9.13. The summed E-state index contributed by atoms with van der Waals surface area (Å²) in [4.78, 5) is 14.3. The van der Waals surface area contributed by atoms with Gasteiger partial charge in [-0.15, -0.1) is 11.8 Å². The molecule has 0 aliphatic carbocycles. The molecule has 1 aromatic carbocycles. The second-order valence-corrected chi connectivity index (χ2v) is 8.47. The minimum Gasteiger partial charge on any atom is -0.506 e. The molecular weight excluding hydrogens is 404 g/mol. The third kappa shape index (κ3) is 5.21. The molecule has 4 rings (SSSR count). The van der Waals surface area contributed by atoms with E-state index in [2.05, 4.69) is 27.2 Å². The number of para-hydroxylation sites is 1. The number of aromatic nitrogens is 2. The van der Waals surface area contributed by atoms with E-state index in [1.807, 2.05) is 36.4 Å². The Balaban J connectivity index is 1.56. The van der Waals surface area contributed by atoms with E-state index in [1.54, 1.807) is 36.3 Å². The van der Waals surface area contributed by atoms with Crippen molar-refractivity contribution in [1.29, 1.82) is 0 Å². The van der Waals surface area contributed by atoms with Crippen molar-refractivity contribution in [2.45, 2.75) is 23.6 Å². The van der Waals surface area contributed by atoms with Gasteiger partial charge in [-0.3, -0.25) is 9.98 Å². The molecule has 0 radical (unpaired) electrons. The van der Waals surface area contributed by atoms with E-state index in [-0.39, 0.29) is 5.75 Å². The molecule has 2 N–H and O–H groups in total. The molecule has 6 nitrogen and oxygen atoms in total. The number of hydrogen-bond donors (Lipinski definition) is 2. The van der Waals surface area contributed by atoms with Gasteiger partial charge in [-0.05, 0) is 37.3 Å². The quantitative estimate of drug-likeness (QED) is 0.528. The van der Waals surface area contributed by atoms with Crippen LogP contribution in [0.25, 0.3) is 0 Å². The number of aliphatic imine (C=N–C) groups is 1. The highest BCUT2D eigenvalue weighted by Gasteiger charge is 2.17. The number of anilines is 1. The van der Waals surface area contributed by atoms with E-state index in [1.165, 1.54) is 11.8 Å². The fraction of sp³-hybridized carbons (Fsp3) is 0.190. The second-order valence-electron chi connectivity index (χ2n) is 6.41. The highest BCUT2D eigenvalue weighted by atomic mass is 32.2. The number of benzene rings is 1. The van der Waals surface area contributed by atoms with Gasteiger partial charge in [-0.2, -0.15) is 0 Å². The number of nitrogens with zero attached hydrogens (tertiary/aromatic N) is 3. The zero-order valence-electron chi connectivity index (χ0n) is 15.8. The maximum Gasteiger partial charge on any atom is 0.175 e. The number of pyridine rings is 2. The van der Waals surface area contributed by atoms with Crippen molar-refractivity contribution in [1.82, 2.24) is 9.97 Å². The summed E-state index contributed by atoms with van der Waals surface area (Å²) in [5.41, 5.74) is 0.635. The maximum absolute atomic E-state index is 9.92. The number of nitrogens with one attached hydrogen (secondary N) is 1. The Labute approximate surface area is 177 Å². The van der Waals surface area contributed by atoms with Crippen LogP contribution in [0.5, 0.6) is 17.2 Å². The fourth-order valence-corrected chi connectivity index (χ4v) is 4.37. The SMILES string of the molecule is CC1CSC(Nc2ncc(SCc3ncccc3O)cc2Oc2ccccc2)=N1. The highest BCUT2D eigenvalue weighted by Crippen LogP contribution is 2.34. The minimum atomic E-state index is 0.192. The largest absolute Gasteiger partial charge is 0.506 e. The normalized spacial score (nSPS) is 15.8. The summed E-state index contributed by atoms with van der Waals surface area (Å²) in [5.74, 6) is 3.66. The van der Waals surface area contributed by atoms with Crippen LogP contribution in [-0.2, 0) is 5.75 Å². The molecule has 1 unspecified atom stereocenters. The van der Waals surface area contributed by atoms with Crippen molar-refractivity contribution in [3.63, 3.8) is 0 Å². The number of amidine groups is 1. The van der Waals surface area contributed by atoms with Crippen molar-refractivity contribution >= 4 is 34.5 Å². The maximum atomic E-state index is 9.92. The predicted molar refractivity (Wildman–Crippen MR) is 119 cm³/mol. The first kappa shape index (κ1) is 19.6. The lowest BCUT2D eigenvalue weighted by Gasteiger charge is -2.13. The van der Waals surface area contributed by atoms with Gasteiger partial charge < -0.3 is 15.2 Å². The minimum absolute atomic E-state index is 0.192. The summed E-state index contributed by atoms with van der Waals surface area (Å²) in [6.45, 7) is 2.09.